The normalized spacial score (nSPS) is 10.7. The number of hydrogen-bond acceptors (Lipinski definition) is 2. The molecule has 0 aliphatic carbocycles. The number of hydrogen-bond donors (Lipinski definition) is 2. The molecule has 0 saturated carbocycles. The molecular formula is C17H11Cl2FN2S. The van der Waals surface area contributed by atoms with Crippen molar-refractivity contribution in [3.63, 3.8) is 0 Å². The number of amidine groups is 1. The van der Waals surface area contributed by atoms with Gasteiger partial charge in [0.2, 0.25) is 0 Å². The Bertz CT molecular complexity index is 905. The molecule has 0 radical (unpaired) electrons. The van der Waals surface area contributed by atoms with Crippen molar-refractivity contribution >= 4 is 40.4 Å². The van der Waals surface area contributed by atoms with Gasteiger partial charge in [-0.2, -0.15) is 0 Å². The minimum atomic E-state index is -0.505. The topological polar surface area (TPSA) is 49.9 Å². The molecule has 3 aromatic rings. The van der Waals surface area contributed by atoms with Gasteiger partial charge in [-0.05, 0) is 42.0 Å². The summed E-state index contributed by atoms with van der Waals surface area (Å²) in [5.74, 6) is -0.789. The Hall–Kier alpha value is -1.88. The van der Waals surface area contributed by atoms with Gasteiger partial charge in [-0.1, -0.05) is 35.3 Å². The highest BCUT2D eigenvalue weighted by Gasteiger charge is 2.11. The summed E-state index contributed by atoms with van der Waals surface area (Å²) in [7, 11) is 0. The van der Waals surface area contributed by atoms with E-state index in [1.165, 1.54) is 23.5 Å². The molecule has 0 atom stereocenters. The van der Waals surface area contributed by atoms with Gasteiger partial charge in [0.05, 0.1) is 10.6 Å². The van der Waals surface area contributed by atoms with Gasteiger partial charge in [-0.15, -0.1) is 11.3 Å². The van der Waals surface area contributed by atoms with Crippen molar-refractivity contribution in [2.45, 2.75) is 0 Å². The van der Waals surface area contributed by atoms with E-state index in [1.807, 2.05) is 18.2 Å². The fourth-order valence-electron chi connectivity index (χ4n) is 2.21. The predicted octanol–water partition coefficient (Wildman–Crippen LogP) is 5.81. The molecule has 2 aromatic carbocycles. The maximum atomic E-state index is 14.0. The van der Waals surface area contributed by atoms with Crippen LogP contribution in [0, 0.1) is 11.2 Å². The van der Waals surface area contributed by atoms with Crippen molar-refractivity contribution in [2.75, 3.05) is 0 Å². The smallest absolute Gasteiger partial charge is 0.134 e. The van der Waals surface area contributed by atoms with E-state index in [9.17, 15) is 4.39 Å². The molecule has 0 spiro atoms. The zero-order valence-electron chi connectivity index (χ0n) is 11.7. The summed E-state index contributed by atoms with van der Waals surface area (Å²) < 4.78 is 14.0. The van der Waals surface area contributed by atoms with Gasteiger partial charge < -0.3 is 5.73 Å². The molecule has 2 nitrogen and oxygen atoms in total. The van der Waals surface area contributed by atoms with Crippen LogP contribution in [0.5, 0.6) is 0 Å². The van der Waals surface area contributed by atoms with E-state index in [0.717, 1.165) is 20.9 Å². The summed E-state index contributed by atoms with van der Waals surface area (Å²) in [4.78, 5) is 1.87. The first kappa shape index (κ1) is 16.0. The van der Waals surface area contributed by atoms with E-state index in [1.54, 1.807) is 18.2 Å². The van der Waals surface area contributed by atoms with Crippen LogP contribution < -0.4 is 5.73 Å². The SMILES string of the molecule is N=C(N)c1ccc(-c2ccc(-c3ccc(Cl)cc3Cl)s2)cc1F. The van der Waals surface area contributed by atoms with Crippen LogP contribution in [-0.4, -0.2) is 5.84 Å². The molecular weight excluding hydrogens is 354 g/mol. The van der Waals surface area contributed by atoms with Crippen molar-refractivity contribution < 1.29 is 4.39 Å². The number of nitrogens with one attached hydrogen (secondary N) is 1. The van der Waals surface area contributed by atoms with Crippen molar-refractivity contribution in [3.05, 3.63) is 70.0 Å². The van der Waals surface area contributed by atoms with E-state index in [4.69, 9.17) is 34.3 Å². The number of nitrogens with two attached hydrogens (primary N) is 1. The number of thiophene rings is 1. The molecule has 0 aliphatic heterocycles. The molecule has 0 amide bonds. The lowest BCUT2D eigenvalue weighted by Gasteiger charge is -2.04. The van der Waals surface area contributed by atoms with Crippen LogP contribution >= 0.6 is 34.5 Å². The van der Waals surface area contributed by atoms with Gasteiger partial charge in [0, 0.05) is 20.3 Å². The van der Waals surface area contributed by atoms with Crippen molar-refractivity contribution in [3.8, 4) is 20.9 Å². The third kappa shape index (κ3) is 3.24. The molecule has 0 bridgehead atoms. The first-order valence-electron chi connectivity index (χ1n) is 6.65. The number of rotatable bonds is 3. The largest absolute Gasteiger partial charge is 0.384 e. The minimum absolute atomic E-state index is 0.103. The Balaban J connectivity index is 1.99. The highest BCUT2D eigenvalue weighted by atomic mass is 35.5. The molecule has 0 unspecified atom stereocenters. The third-order valence-electron chi connectivity index (χ3n) is 3.35. The maximum Gasteiger partial charge on any atom is 0.134 e. The third-order valence-corrected chi connectivity index (χ3v) is 5.06. The number of halogens is 3. The summed E-state index contributed by atoms with van der Waals surface area (Å²) in [6.07, 6.45) is 0. The monoisotopic (exact) mass is 364 g/mol. The second kappa shape index (κ2) is 6.32. The molecule has 0 saturated heterocycles. The second-order valence-corrected chi connectivity index (χ2v) is 6.82. The molecule has 23 heavy (non-hydrogen) atoms. The predicted molar refractivity (Wildman–Crippen MR) is 96.2 cm³/mol. The molecule has 1 heterocycles. The van der Waals surface area contributed by atoms with Crippen LogP contribution in [0.4, 0.5) is 4.39 Å². The maximum absolute atomic E-state index is 14.0. The second-order valence-electron chi connectivity index (χ2n) is 4.90. The molecule has 6 heteroatoms. The van der Waals surface area contributed by atoms with Gasteiger partial charge in [-0.3, -0.25) is 5.41 Å². The molecule has 3 N–H and O–H groups in total. The van der Waals surface area contributed by atoms with E-state index >= 15 is 0 Å². The quantitative estimate of drug-likeness (QED) is 0.446. The van der Waals surface area contributed by atoms with Crippen LogP contribution in [-0.2, 0) is 0 Å². The van der Waals surface area contributed by atoms with Crippen LogP contribution in [0.2, 0.25) is 10.0 Å². The molecule has 3 rings (SSSR count). The van der Waals surface area contributed by atoms with Crippen molar-refractivity contribution in [1.29, 1.82) is 5.41 Å². The first-order valence-corrected chi connectivity index (χ1v) is 8.22. The minimum Gasteiger partial charge on any atom is -0.384 e. The summed E-state index contributed by atoms with van der Waals surface area (Å²) >= 11 is 13.6. The molecule has 116 valence electrons. The Morgan fingerprint density at radius 3 is 2.39 bits per heavy atom. The van der Waals surface area contributed by atoms with Crippen LogP contribution in [0.25, 0.3) is 20.9 Å². The average Bonchev–Trinajstić information content (AvgIpc) is 2.96. The Morgan fingerprint density at radius 1 is 1.00 bits per heavy atom. The Morgan fingerprint density at radius 2 is 1.74 bits per heavy atom. The summed E-state index contributed by atoms with van der Waals surface area (Å²) in [6, 6.07) is 13.8. The zero-order valence-corrected chi connectivity index (χ0v) is 14.1. The van der Waals surface area contributed by atoms with Crippen molar-refractivity contribution in [1.82, 2.24) is 0 Å². The van der Waals surface area contributed by atoms with Crippen LogP contribution in [0.1, 0.15) is 5.56 Å². The molecule has 1 aromatic heterocycles. The highest BCUT2D eigenvalue weighted by molar-refractivity contribution is 7.18. The lowest BCUT2D eigenvalue weighted by Crippen LogP contribution is -2.12. The van der Waals surface area contributed by atoms with Crippen LogP contribution in [0.15, 0.2) is 48.5 Å². The number of nitrogen functional groups attached to an aromatic ring is 1. The Labute approximate surface area is 146 Å². The average molecular weight is 365 g/mol. The highest BCUT2D eigenvalue weighted by Crippen LogP contribution is 2.38. The summed E-state index contributed by atoms with van der Waals surface area (Å²) in [5.41, 5.74) is 7.05. The number of benzene rings is 2. The van der Waals surface area contributed by atoms with Gasteiger partial charge in [-0.25, -0.2) is 4.39 Å². The van der Waals surface area contributed by atoms with E-state index < -0.39 is 5.82 Å². The summed E-state index contributed by atoms with van der Waals surface area (Å²) in [5, 5.41) is 8.48. The van der Waals surface area contributed by atoms with Gasteiger partial charge in [0.25, 0.3) is 0 Å². The standard InChI is InChI=1S/C17H11Cl2FN2S/c18-10-2-4-11(13(19)8-10)16-6-5-15(23-16)9-1-3-12(17(21)22)14(20)7-9/h1-8H,(H3,21,22). The lowest BCUT2D eigenvalue weighted by molar-refractivity contribution is 0.625. The lowest BCUT2D eigenvalue weighted by atomic mass is 10.1. The van der Waals surface area contributed by atoms with Gasteiger partial charge in [0.15, 0.2) is 0 Å². The van der Waals surface area contributed by atoms with Crippen LogP contribution in [0.3, 0.4) is 0 Å². The zero-order chi connectivity index (χ0) is 16.6. The van der Waals surface area contributed by atoms with E-state index in [2.05, 4.69) is 0 Å². The molecule has 0 fully saturated rings. The van der Waals surface area contributed by atoms with Gasteiger partial charge >= 0.3 is 0 Å². The van der Waals surface area contributed by atoms with E-state index in [-0.39, 0.29) is 11.4 Å². The fraction of sp³-hybridized carbons (Fsp3) is 0. The fourth-order valence-corrected chi connectivity index (χ4v) is 3.82. The first-order chi connectivity index (χ1) is 11.0. The van der Waals surface area contributed by atoms with E-state index in [0.29, 0.717) is 10.0 Å². The van der Waals surface area contributed by atoms with Crippen molar-refractivity contribution in [2.24, 2.45) is 5.73 Å². The summed E-state index contributed by atoms with van der Waals surface area (Å²) in [6.45, 7) is 0. The Kier molecular flexibility index (Phi) is 4.39. The molecule has 0 aliphatic rings. The van der Waals surface area contributed by atoms with Gasteiger partial charge in [0.1, 0.15) is 11.7 Å².